The van der Waals surface area contributed by atoms with Crippen molar-refractivity contribution in [3.05, 3.63) is 98.1 Å². The molecule has 2 saturated carbocycles. The van der Waals surface area contributed by atoms with Crippen molar-refractivity contribution in [3.8, 4) is 22.6 Å². The molecule has 10 nitrogen and oxygen atoms in total. The maximum absolute atomic E-state index is 13.2. The Morgan fingerprint density at radius 1 is 0.536 bits per heavy atom. The number of rotatable bonds is 13. The summed E-state index contributed by atoms with van der Waals surface area (Å²) in [6.45, 7) is 6.46. The highest BCUT2D eigenvalue weighted by atomic mass is 16.7. The first-order valence-electron chi connectivity index (χ1n) is 17.6. The van der Waals surface area contributed by atoms with Crippen LogP contribution in [0.4, 0.5) is 0 Å². The molecule has 2 fully saturated rings. The average Bonchev–Trinajstić information content (AvgIpc) is 3.17. The number of hydrogen-bond acceptors (Lipinski definition) is 10. The fraction of sp³-hybridized carbons (Fsp3) is 0.391. The second-order valence-electron chi connectivity index (χ2n) is 13.1. The molecule has 0 aliphatic heterocycles. The van der Waals surface area contributed by atoms with Crippen molar-refractivity contribution in [2.75, 3.05) is 13.6 Å². The second-order valence-corrected chi connectivity index (χ2v) is 13.1. The first-order chi connectivity index (χ1) is 25.3. The third-order valence-corrected chi connectivity index (χ3v) is 9.79. The SMILES string of the molecule is C.C.C.C.C=CC(=O)OCOC1CCC(C(=O)Oc2ccc3cccc(-c4cccc5ccc(OC(=O)C6CCC(OCOC(=O)C=C)CC6)cc45)c3c2)CC1. The summed E-state index contributed by atoms with van der Waals surface area (Å²) in [4.78, 5) is 48.9. The monoisotopic (exact) mass is 770 g/mol. The lowest BCUT2D eigenvalue weighted by Crippen LogP contribution is -2.29. The summed E-state index contributed by atoms with van der Waals surface area (Å²) in [6.07, 6.45) is 7.13. The Balaban J connectivity index is 0.00000271. The van der Waals surface area contributed by atoms with Gasteiger partial charge < -0.3 is 28.4 Å². The van der Waals surface area contributed by atoms with E-state index in [1.807, 2.05) is 72.8 Å². The molecule has 0 atom stereocenters. The van der Waals surface area contributed by atoms with E-state index >= 15 is 0 Å². The molecule has 56 heavy (non-hydrogen) atoms. The van der Waals surface area contributed by atoms with Crippen LogP contribution in [-0.2, 0) is 38.1 Å². The summed E-state index contributed by atoms with van der Waals surface area (Å²) >= 11 is 0. The van der Waals surface area contributed by atoms with Crippen molar-refractivity contribution in [3.63, 3.8) is 0 Å². The molecule has 0 N–H and O–H groups in total. The second kappa shape index (κ2) is 22.3. The van der Waals surface area contributed by atoms with Crippen LogP contribution in [0.3, 0.4) is 0 Å². The molecule has 10 heteroatoms. The van der Waals surface area contributed by atoms with E-state index in [0.29, 0.717) is 62.9 Å². The summed E-state index contributed by atoms with van der Waals surface area (Å²) in [5.41, 5.74) is 1.91. The number of ether oxygens (including phenoxy) is 6. The van der Waals surface area contributed by atoms with E-state index in [-0.39, 0.29) is 79.3 Å². The Hall–Kier alpha value is -5.32. The van der Waals surface area contributed by atoms with Gasteiger partial charge in [-0.25, -0.2) is 9.59 Å². The molecule has 4 aromatic rings. The molecule has 0 amide bonds. The molecule has 0 unspecified atom stereocenters. The van der Waals surface area contributed by atoms with Gasteiger partial charge in [-0.15, -0.1) is 0 Å². The third kappa shape index (κ3) is 11.8. The van der Waals surface area contributed by atoms with Gasteiger partial charge >= 0.3 is 23.9 Å². The predicted molar refractivity (Wildman–Crippen MR) is 221 cm³/mol. The fourth-order valence-corrected chi connectivity index (χ4v) is 6.92. The van der Waals surface area contributed by atoms with Crippen molar-refractivity contribution in [2.24, 2.45) is 11.8 Å². The average molecular weight is 771 g/mol. The third-order valence-electron chi connectivity index (χ3n) is 9.79. The molecule has 2 aliphatic carbocycles. The largest absolute Gasteiger partial charge is 0.435 e. The highest BCUT2D eigenvalue weighted by molar-refractivity contribution is 6.06. The molecule has 302 valence electrons. The van der Waals surface area contributed by atoms with Gasteiger partial charge in [-0.2, -0.15) is 0 Å². The molecule has 6 rings (SSSR count). The zero-order chi connectivity index (χ0) is 36.5. The van der Waals surface area contributed by atoms with Gasteiger partial charge in [0.15, 0.2) is 13.6 Å². The lowest BCUT2D eigenvalue weighted by molar-refractivity contribution is -0.159. The summed E-state index contributed by atoms with van der Waals surface area (Å²) < 4.78 is 32.9. The van der Waals surface area contributed by atoms with Crippen LogP contribution >= 0.6 is 0 Å². The van der Waals surface area contributed by atoms with Crippen LogP contribution in [-0.4, -0.2) is 49.7 Å². The lowest BCUT2D eigenvalue weighted by Gasteiger charge is -2.27. The van der Waals surface area contributed by atoms with E-state index in [0.717, 1.165) is 44.8 Å². The van der Waals surface area contributed by atoms with Gasteiger partial charge in [0.05, 0.1) is 24.0 Å². The minimum absolute atomic E-state index is 0. The van der Waals surface area contributed by atoms with Gasteiger partial charge in [-0.05, 0) is 108 Å². The number of carbonyl (C=O) groups is 4. The van der Waals surface area contributed by atoms with Crippen LogP contribution in [0.2, 0.25) is 0 Å². The van der Waals surface area contributed by atoms with Crippen molar-refractivity contribution < 1.29 is 47.6 Å². The molecular formula is C46H58O10. The van der Waals surface area contributed by atoms with Crippen molar-refractivity contribution >= 4 is 45.4 Å². The molecule has 0 saturated heterocycles. The van der Waals surface area contributed by atoms with Crippen LogP contribution in [0.25, 0.3) is 32.7 Å². The molecular weight excluding hydrogens is 712 g/mol. The van der Waals surface area contributed by atoms with Gasteiger partial charge in [0.25, 0.3) is 0 Å². The summed E-state index contributed by atoms with van der Waals surface area (Å²) in [5.74, 6) is -1.20. The Morgan fingerprint density at radius 2 is 0.911 bits per heavy atom. The van der Waals surface area contributed by atoms with Crippen LogP contribution in [0.15, 0.2) is 98.1 Å². The quantitative estimate of drug-likeness (QED) is 0.0561. The van der Waals surface area contributed by atoms with E-state index < -0.39 is 11.9 Å². The van der Waals surface area contributed by atoms with Crippen LogP contribution in [0.1, 0.15) is 81.1 Å². The molecule has 0 aromatic heterocycles. The Bertz CT molecular complexity index is 1810. The zero-order valence-electron chi connectivity index (χ0n) is 29.0. The smallest absolute Gasteiger partial charge is 0.332 e. The molecule has 0 radical (unpaired) electrons. The van der Waals surface area contributed by atoms with E-state index in [1.54, 1.807) is 0 Å². The Morgan fingerprint density at radius 3 is 1.27 bits per heavy atom. The van der Waals surface area contributed by atoms with Crippen molar-refractivity contribution in [1.82, 2.24) is 0 Å². The summed E-state index contributed by atoms with van der Waals surface area (Å²) in [7, 11) is 0. The molecule has 0 spiro atoms. The van der Waals surface area contributed by atoms with Gasteiger partial charge in [0, 0.05) is 12.2 Å². The van der Waals surface area contributed by atoms with E-state index in [1.165, 1.54) is 0 Å². The summed E-state index contributed by atoms with van der Waals surface area (Å²) in [5, 5.41) is 3.83. The summed E-state index contributed by atoms with van der Waals surface area (Å²) in [6, 6.07) is 23.4. The Kier molecular flexibility index (Phi) is 18.6. The Labute approximate surface area is 331 Å². The highest BCUT2D eigenvalue weighted by Crippen LogP contribution is 2.38. The number of benzene rings is 4. The standard InChI is InChI=1S/C42H42O10.4CH4/c1-3-39(43)49-25-47-31-17-13-29(14-18-31)41(45)51-33-21-11-27-7-5-9-35(37(27)23-33)36-10-6-8-28-12-22-34(24-38(28)36)52-42(46)30-15-19-32(20-16-30)48-26-50-40(44)4-2;;;;/h3-12,21-24,29-32H,1-2,13-20,25-26H2;4*1H4. The normalized spacial score (nSPS) is 18.6. The van der Waals surface area contributed by atoms with Gasteiger partial charge in [0.2, 0.25) is 0 Å². The predicted octanol–water partition coefficient (Wildman–Crippen LogP) is 10.5. The number of fused-ring (bicyclic) bond motifs is 2. The minimum atomic E-state index is -0.535. The first-order valence-corrected chi connectivity index (χ1v) is 17.6. The number of hydrogen-bond donors (Lipinski definition) is 0. The van der Waals surface area contributed by atoms with E-state index in [2.05, 4.69) is 13.2 Å². The molecule has 0 heterocycles. The highest BCUT2D eigenvalue weighted by Gasteiger charge is 2.30. The minimum Gasteiger partial charge on any atom is -0.435 e. The molecule has 0 bridgehead atoms. The number of carbonyl (C=O) groups excluding carboxylic acids is 4. The first kappa shape index (κ1) is 46.8. The van der Waals surface area contributed by atoms with Gasteiger partial charge in [0.1, 0.15) is 11.5 Å². The maximum Gasteiger partial charge on any atom is 0.332 e. The number of esters is 4. The van der Waals surface area contributed by atoms with Crippen molar-refractivity contribution in [2.45, 2.75) is 93.3 Å². The zero-order valence-corrected chi connectivity index (χ0v) is 29.0. The van der Waals surface area contributed by atoms with Crippen LogP contribution < -0.4 is 9.47 Å². The van der Waals surface area contributed by atoms with Crippen LogP contribution in [0, 0.1) is 11.8 Å². The maximum atomic E-state index is 13.2. The van der Waals surface area contributed by atoms with Gasteiger partial charge in [-0.1, -0.05) is 91.4 Å². The topological polar surface area (TPSA) is 124 Å². The van der Waals surface area contributed by atoms with E-state index in [9.17, 15) is 19.2 Å². The van der Waals surface area contributed by atoms with Gasteiger partial charge in [-0.3, -0.25) is 9.59 Å². The fourth-order valence-electron chi connectivity index (χ4n) is 6.92. The van der Waals surface area contributed by atoms with Crippen molar-refractivity contribution in [1.29, 1.82) is 0 Å². The molecule has 2 aliphatic rings. The van der Waals surface area contributed by atoms with Crippen LogP contribution in [0.5, 0.6) is 11.5 Å². The lowest BCUT2D eigenvalue weighted by atomic mass is 9.87. The molecule has 4 aromatic carbocycles. The van der Waals surface area contributed by atoms with E-state index in [4.69, 9.17) is 28.4 Å².